The van der Waals surface area contributed by atoms with Crippen LogP contribution in [0, 0.1) is 10.9 Å². The second-order valence-corrected chi connectivity index (χ2v) is 7.74. The van der Waals surface area contributed by atoms with Gasteiger partial charge in [0.05, 0.1) is 18.6 Å². The Morgan fingerprint density at radius 2 is 2.10 bits per heavy atom. The van der Waals surface area contributed by atoms with Gasteiger partial charge in [0.1, 0.15) is 0 Å². The lowest BCUT2D eigenvalue weighted by molar-refractivity contribution is -0.121. The molecule has 1 fully saturated rings. The molecule has 2 rings (SSSR count). The van der Waals surface area contributed by atoms with Gasteiger partial charge >= 0.3 is 0 Å². The molecule has 0 radical (unpaired) electrons. The molecule has 0 unspecified atom stereocenters. The van der Waals surface area contributed by atoms with E-state index in [-0.39, 0.29) is 18.1 Å². The number of ether oxygens (including phenoxy) is 1. The van der Waals surface area contributed by atoms with Crippen LogP contribution in [-0.2, 0) is 16.0 Å². The molecule has 1 aromatic heterocycles. The number of aromatic amines is 1. The fraction of sp³-hybridized carbons (Fsp3) is 0.733. The van der Waals surface area contributed by atoms with Crippen molar-refractivity contribution in [1.29, 1.82) is 0 Å². The van der Waals surface area contributed by atoms with E-state index in [9.17, 15) is 4.79 Å². The van der Waals surface area contributed by atoms with Gasteiger partial charge in [0.2, 0.25) is 5.91 Å². The van der Waals surface area contributed by atoms with Crippen LogP contribution in [0.1, 0.15) is 50.1 Å². The molecule has 1 aliphatic carbocycles. The third-order valence-corrected chi connectivity index (χ3v) is 5.09. The highest BCUT2D eigenvalue weighted by Crippen LogP contribution is 2.22. The Morgan fingerprint density at radius 1 is 1.43 bits per heavy atom. The van der Waals surface area contributed by atoms with E-state index in [4.69, 9.17) is 17.0 Å². The third-order valence-electron chi connectivity index (χ3n) is 3.75. The molecule has 0 spiro atoms. The topological polar surface area (TPSA) is 54.1 Å². The van der Waals surface area contributed by atoms with Crippen LogP contribution >= 0.6 is 23.6 Å². The summed E-state index contributed by atoms with van der Waals surface area (Å²) in [4.78, 5) is 16.2. The summed E-state index contributed by atoms with van der Waals surface area (Å²) in [7, 11) is 0. The molecular weight excluding hydrogens is 304 g/mol. The highest BCUT2D eigenvalue weighted by molar-refractivity contribution is 7.73. The fourth-order valence-electron chi connectivity index (χ4n) is 2.76. The maximum Gasteiger partial charge on any atom is 0.225 e. The zero-order chi connectivity index (χ0) is 15.4. The number of hydrogen-bond acceptors (Lipinski definition) is 4. The molecule has 118 valence electrons. The monoisotopic (exact) mass is 328 g/mol. The van der Waals surface area contributed by atoms with Gasteiger partial charge in [0.15, 0.2) is 3.95 Å². The number of thiazole rings is 1. The maximum absolute atomic E-state index is 12.1. The van der Waals surface area contributed by atoms with Crippen molar-refractivity contribution in [3.63, 3.8) is 0 Å². The Balaban J connectivity index is 1.77. The zero-order valence-electron chi connectivity index (χ0n) is 12.9. The van der Waals surface area contributed by atoms with E-state index in [1.807, 2.05) is 6.92 Å². The van der Waals surface area contributed by atoms with Crippen LogP contribution in [0.3, 0.4) is 0 Å². The molecule has 0 saturated heterocycles. The maximum atomic E-state index is 12.1. The first kappa shape index (κ1) is 16.6. The minimum atomic E-state index is 0.0941. The molecule has 1 aromatic rings. The summed E-state index contributed by atoms with van der Waals surface area (Å²) < 4.78 is 6.57. The Kier molecular flexibility index (Phi) is 5.96. The average Bonchev–Trinajstić information content (AvgIpc) is 2.69. The van der Waals surface area contributed by atoms with Crippen molar-refractivity contribution >= 4 is 29.5 Å². The van der Waals surface area contributed by atoms with Crippen molar-refractivity contribution in [3.8, 4) is 0 Å². The minimum absolute atomic E-state index is 0.0941. The number of carbonyl (C=O) groups excluding carboxylic acids is 1. The van der Waals surface area contributed by atoms with Crippen molar-refractivity contribution in [3.05, 3.63) is 14.5 Å². The van der Waals surface area contributed by atoms with E-state index in [2.05, 4.69) is 24.1 Å². The number of nitrogens with one attached hydrogen (secondary N) is 2. The van der Waals surface area contributed by atoms with Gasteiger partial charge in [-0.25, -0.2) is 0 Å². The number of amides is 1. The molecule has 0 atom stereocenters. The smallest absolute Gasteiger partial charge is 0.225 e. The van der Waals surface area contributed by atoms with Crippen LogP contribution < -0.4 is 5.32 Å². The quantitative estimate of drug-likeness (QED) is 0.813. The predicted molar refractivity (Wildman–Crippen MR) is 88.4 cm³/mol. The van der Waals surface area contributed by atoms with Gasteiger partial charge in [0, 0.05) is 16.6 Å². The second kappa shape index (κ2) is 7.51. The van der Waals surface area contributed by atoms with Crippen LogP contribution in [-0.4, -0.2) is 29.1 Å². The van der Waals surface area contributed by atoms with Gasteiger partial charge < -0.3 is 15.0 Å². The van der Waals surface area contributed by atoms with Crippen LogP contribution in [0.25, 0.3) is 0 Å². The SMILES string of the molecule is Cc1[nH]c(=S)sc1CC(=O)NC1CCC(OC(C)C)CC1. The number of rotatable bonds is 5. The van der Waals surface area contributed by atoms with Gasteiger partial charge in [-0.1, -0.05) is 0 Å². The number of H-pyrrole nitrogens is 1. The highest BCUT2D eigenvalue weighted by Gasteiger charge is 2.23. The van der Waals surface area contributed by atoms with E-state index < -0.39 is 0 Å². The summed E-state index contributed by atoms with van der Waals surface area (Å²) in [6, 6.07) is 0.289. The standard InChI is InChI=1S/C15H24N2O2S2/c1-9(2)19-12-6-4-11(5-7-12)17-14(18)8-13-10(3)16-15(20)21-13/h9,11-12H,4-8H2,1-3H3,(H,16,20)(H,17,18). The Bertz CT molecular complexity index is 528. The number of hydrogen-bond donors (Lipinski definition) is 2. The van der Waals surface area contributed by atoms with E-state index >= 15 is 0 Å². The number of carbonyl (C=O) groups is 1. The molecule has 6 heteroatoms. The predicted octanol–water partition coefficient (Wildman–Crippen LogP) is 3.51. The minimum Gasteiger partial charge on any atom is -0.376 e. The van der Waals surface area contributed by atoms with E-state index in [0.717, 1.165) is 40.2 Å². The van der Waals surface area contributed by atoms with Crippen molar-refractivity contribution < 1.29 is 9.53 Å². The van der Waals surface area contributed by atoms with Crippen molar-refractivity contribution in [2.45, 2.75) is 71.1 Å². The molecule has 0 aromatic carbocycles. The summed E-state index contributed by atoms with van der Waals surface area (Å²) in [6.45, 7) is 6.10. The number of aromatic nitrogens is 1. The van der Waals surface area contributed by atoms with Crippen molar-refractivity contribution in [2.75, 3.05) is 0 Å². The Morgan fingerprint density at radius 3 is 2.62 bits per heavy atom. The summed E-state index contributed by atoms with van der Waals surface area (Å²) in [5, 5.41) is 3.14. The fourth-order valence-corrected chi connectivity index (χ4v) is 4.05. The number of aryl methyl sites for hydroxylation is 1. The van der Waals surface area contributed by atoms with Crippen LogP contribution in [0.4, 0.5) is 0 Å². The largest absolute Gasteiger partial charge is 0.376 e. The zero-order valence-corrected chi connectivity index (χ0v) is 14.5. The molecular formula is C15H24N2O2S2. The summed E-state index contributed by atoms with van der Waals surface area (Å²) >= 11 is 6.59. The third kappa shape index (κ3) is 5.20. The molecule has 1 amide bonds. The average molecular weight is 329 g/mol. The second-order valence-electron chi connectivity index (χ2n) is 5.97. The van der Waals surface area contributed by atoms with Gasteiger partial charge in [-0.15, -0.1) is 11.3 Å². The summed E-state index contributed by atoms with van der Waals surface area (Å²) in [5.74, 6) is 0.0941. The lowest BCUT2D eigenvalue weighted by Crippen LogP contribution is -2.40. The first-order valence-corrected chi connectivity index (χ1v) is 8.80. The van der Waals surface area contributed by atoms with Gasteiger partial charge in [-0.3, -0.25) is 4.79 Å². The lowest BCUT2D eigenvalue weighted by atomic mass is 9.92. The molecule has 1 aliphatic rings. The molecule has 1 saturated carbocycles. The molecule has 2 N–H and O–H groups in total. The molecule has 0 bridgehead atoms. The first-order chi connectivity index (χ1) is 9.94. The molecule has 1 heterocycles. The molecule has 0 aliphatic heterocycles. The van der Waals surface area contributed by atoms with Crippen LogP contribution in [0.5, 0.6) is 0 Å². The summed E-state index contributed by atoms with van der Waals surface area (Å²) in [5.41, 5.74) is 1.01. The Labute approximate surface area is 135 Å². The lowest BCUT2D eigenvalue weighted by Gasteiger charge is -2.30. The van der Waals surface area contributed by atoms with Gasteiger partial charge in [-0.05, 0) is 58.7 Å². The molecule has 4 nitrogen and oxygen atoms in total. The Hall–Kier alpha value is -0.720. The highest BCUT2D eigenvalue weighted by atomic mass is 32.1. The summed E-state index contributed by atoms with van der Waals surface area (Å²) in [6.07, 6.45) is 5.14. The van der Waals surface area contributed by atoms with E-state index in [0.29, 0.717) is 12.5 Å². The van der Waals surface area contributed by atoms with E-state index in [1.165, 1.54) is 11.3 Å². The first-order valence-electron chi connectivity index (χ1n) is 7.57. The van der Waals surface area contributed by atoms with Gasteiger partial charge in [0.25, 0.3) is 0 Å². The normalized spacial score (nSPS) is 22.5. The van der Waals surface area contributed by atoms with Crippen molar-refractivity contribution in [2.24, 2.45) is 0 Å². The molecule has 21 heavy (non-hydrogen) atoms. The van der Waals surface area contributed by atoms with Crippen LogP contribution in [0.15, 0.2) is 0 Å². The van der Waals surface area contributed by atoms with Crippen molar-refractivity contribution in [1.82, 2.24) is 10.3 Å². The van der Waals surface area contributed by atoms with Gasteiger partial charge in [-0.2, -0.15) is 0 Å². The van der Waals surface area contributed by atoms with Crippen LogP contribution in [0.2, 0.25) is 0 Å². The van der Waals surface area contributed by atoms with E-state index in [1.54, 1.807) is 0 Å².